The molecule has 106 valence electrons. The van der Waals surface area contributed by atoms with Crippen LogP contribution in [0, 0.1) is 5.41 Å². The van der Waals surface area contributed by atoms with Crippen molar-refractivity contribution < 1.29 is 0 Å². The van der Waals surface area contributed by atoms with E-state index in [9.17, 15) is 0 Å². The van der Waals surface area contributed by atoms with Crippen molar-refractivity contribution in [1.82, 2.24) is 4.98 Å². The van der Waals surface area contributed by atoms with Crippen LogP contribution in [-0.4, -0.2) is 4.98 Å². The van der Waals surface area contributed by atoms with Crippen LogP contribution >= 0.6 is 0 Å². The molecule has 0 amide bonds. The molecule has 21 heavy (non-hydrogen) atoms. The van der Waals surface area contributed by atoms with E-state index in [1.165, 1.54) is 16.5 Å². The summed E-state index contributed by atoms with van der Waals surface area (Å²) >= 11 is 0. The average Bonchev–Trinajstić information content (AvgIpc) is 2.46. The van der Waals surface area contributed by atoms with Crippen LogP contribution in [0.15, 0.2) is 60.7 Å². The number of para-hydroxylation sites is 1. The maximum Gasteiger partial charge on any atom is 0.0712 e. The highest BCUT2D eigenvalue weighted by atomic mass is 14.7. The van der Waals surface area contributed by atoms with Crippen molar-refractivity contribution in [2.24, 2.45) is 5.41 Å². The molecule has 0 bridgehead atoms. The maximum atomic E-state index is 4.84. The number of fused-ring (bicyclic) bond motifs is 1. The Bertz CT molecular complexity index is 752. The smallest absolute Gasteiger partial charge is 0.0712 e. The first-order valence-corrected chi connectivity index (χ1v) is 7.47. The third-order valence-corrected chi connectivity index (χ3v) is 3.59. The van der Waals surface area contributed by atoms with Crippen LogP contribution in [0.1, 0.15) is 26.3 Å². The number of benzene rings is 2. The van der Waals surface area contributed by atoms with E-state index in [0.29, 0.717) is 0 Å². The first-order valence-electron chi connectivity index (χ1n) is 7.47. The zero-order valence-electron chi connectivity index (χ0n) is 12.9. The summed E-state index contributed by atoms with van der Waals surface area (Å²) in [6, 6.07) is 21.1. The lowest BCUT2D eigenvalue weighted by Gasteiger charge is -2.20. The second kappa shape index (κ2) is 5.33. The van der Waals surface area contributed by atoms with Crippen LogP contribution in [0.25, 0.3) is 22.2 Å². The van der Waals surface area contributed by atoms with Crippen LogP contribution in [0.3, 0.4) is 0 Å². The highest BCUT2D eigenvalue weighted by molar-refractivity contribution is 5.85. The molecular weight excluding hydrogens is 254 g/mol. The molecule has 3 aromatic rings. The van der Waals surface area contributed by atoms with Crippen molar-refractivity contribution in [3.8, 4) is 11.3 Å². The van der Waals surface area contributed by atoms with Gasteiger partial charge in [-0.05, 0) is 29.5 Å². The summed E-state index contributed by atoms with van der Waals surface area (Å²) in [5.41, 5.74) is 4.97. The second-order valence-electron chi connectivity index (χ2n) is 6.79. The molecule has 3 rings (SSSR count). The Kier molecular flexibility index (Phi) is 3.50. The SMILES string of the molecule is CC(C)(C)Cc1cc(-c2ccccc2)nc2ccccc12. The number of hydrogen-bond acceptors (Lipinski definition) is 1. The van der Waals surface area contributed by atoms with E-state index in [1.54, 1.807) is 0 Å². The van der Waals surface area contributed by atoms with Gasteiger partial charge in [0.25, 0.3) is 0 Å². The van der Waals surface area contributed by atoms with Gasteiger partial charge < -0.3 is 0 Å². The molecule has 2 aromatic carbocycles. The number of hydrogen-bond donors (Lipinski definition) is 0. The molecule has 0 spiro atoms. The fourth-order valence-electron chi connectivity index (χ4n) is 2.72. The quantitative estimate of drug-likeness (QED) is 0.602. The van der Waals surface area contributed by atoms with E-state index >= 15 is 0 Å². The maximum absolute atomic E-state index is 4.84. The van der Waals surface area contributed by atoms with Gasteiger partial charge in [0.1, 0.15) is 0 Å². The minimum atomic E-state index is 0.262. The second-order valence-corrected chi connectivity index (χ2v) is 6.79. The normalized spacial score (nSPS) is 11.8. The summed E-state index contributed by atoms with van der Waals surface area (Å²) < 4.78 is 0. The summed E-state index contributed by atoms with van der Waals surface area (Å²) in [6.07, 6.45) is 1.05. The van der Waals surface area contributed by atoms with Gasteiger partial charge in [-0.2, -0.15) is 0 Å². The van der Waals surface area contributed by atoms with E-state index in [1.807, 2.05) is 6.07 Å². The Labute approximate surface area is 126 Å². The molecule has 0 aliphatic heterocycles. The number of rotatable bonds is 2. The highest BCUT2D eigenvalue weighted by Crippen LogP contribution is 2.29. The summed E-state index contributed by atoms with van der Waals surface area (Å²) in [4.78, 5) is 4.84. The van der Waals surface area contributed by atoms with Gasteiger partial charge in [0.05, 0.1) is 11.2 Å². The molecule has 0 atom stereocenters. The lowest BCUT2D eigenvalue weighted by Crippen LogP contribution is -2.10. The molecule has 0 radical (unpaired) electrons. The fourth-order valence-corrected chi connectivity index (χ4v) is 2.72. The van der Waals surface area contributed by atoms with Crippen LogP contribution in [0.5, 0.6) is 0 Å². The Hall–Kier alpha value is -2.15. The molecule has 1 aromatic heterocycles. The van der Waals surface area contributed by atoms with E-state index in [2.05, 4.69) is 75.4 Å². The van der Waals surface area contributed by atoms with Crippen molar-refractivity contribution in [1.29, 1.82) is 0 Å². The molecule has 1 heteroatoms. The topological polar surface area (TPSA) is 12.9 Å². The molecule has 0 aliphatic rings. The first-order chi connectivity index (χ1) is 10.0. The van der Waals surface area contributed by atoms with Gasteiger partial charge in [-0.25, -0.2) is 4.98 Å². The Morgan fingerprint density at radius 1 is 0.857 bits per heavy atom. The zero-order chi connectivity index (χ0) is 14.9. The van der Waals surface area contributed by atoms with Gasteiger partial charge >= 0.3 is 0 Å². The van der Waals surface area contributed by atoms with Crippen molar-refractivity contribution in [3.05, 3.63) is 66.2 Å². The van der Waals surface area contributed by atoms with Crippen molar-refractivity contribution in [2.45, 2.75) is 27.2 Å². The summed E-state index contributed by atoms with van der Waals surface area (Å²) in [7, 11) is 0. The summed E-state index contributed by atoms with van der Waals surface area (Å²) in [6.45, 7) is 6.85. The van der Waals surface area contributed by atoms with E-state index in [0.717, 1.165) is 17.6 Å². The lowest BCUT2D eigenvalue weighted by molar-refractivity contribution is 0.412. The highest BCUT2D eigenvalue weighted by Gasteiger charge is 2.15. The van der Waals surface area contributed by atoms with Crippen molar-refractivity contribution in [2.75, 3.05) is 0 Å². The molecule has 0 saturated carbocycles. The van der Waals surface area contributed by atoms with E-state index < -0.39 is 0 Å². The summed E-state index contributed by atoms with van der Waals surface area (Å²) in [5.74, 6) is 0. The first kappa shape index (κ1) is 13.8. The molecule has 0 aliphatic carbocycles. The molecule has 0 saturated heterocycles. The number of nitrogens with zero attached hydrogens (tertiary/aromatic N) is 1. The molecule has 0 N–H and O–H groups in total. The van der Waals surface area contributed by atoms with Gasteiger partial charge in [-0.15, -0.1) is 0 Å². The molecule has 1 heterocycles. The number of pyridine rings is 1. The number of aromatic nitrogens is 1. The van der Waals surface area contributed by atoms with Crippen LogP contribution in [-0.2, 0) is 6.42 Å². The largest absolute Gasteiger partial charge is 0.248 e. The van der Waals surface area contributed by atoms with Crippen LogP contribution < -0.4 is 0 Å². The lowest BCUT2D eigenvalue weighted by atomic mass is 9.86. The van der Waals surface area contributed by atoms with Crippen LogP contribution in [0.2, 0.25) is 0 Å². The zero-order valence-corrected chi connectivity index (χ0v) is 12.9. The van der Waals surface area contributed by atoms with Gasteiger partial charge in [-0.3, -0.25) is 0 Å². The van der Waals surface area contributed by atoms with Crippen molar-refractivity contribution >= 4 is 10.9 Å². The Balaban J connectivity index is 2.20. The van der Waals surface area contributed by atoms with E-state index in [-0.39, 0.29) is 5.41 Å². The monoisotopic (exact) mass is 275 g/mol. The minimum Gasteiger partial charge on any atom is -0.248 e. The van der Waals surface area contributed by atoms with Crippen molar-refractivity contribution in [3.63, 3.8) is 0 Å². The predicted molar refractivity (Wildman–Crippen MR) is 90.3 cm³/mol. The fraction of sp³-hybridized carbons (Fsp3) is 0.250. The van der Waals surface area contributed by atoms with Gasteiger partial charge in [0.15, 0.2) is 0 Å². The standard InChI is InChI=1S/C20H21N/c1-20(2,3)14-16-13-19(15-9-5-4-6-10-15)21-18-12-8-7-11-17(16)18/h4-13H,14H2,1-3H3. The Morgan fingerprint density at radius 2 is 1.52 bits per heavy atom. The molecule has 0 unspecified atom stereocenters. The Morgan fingerprint density at radius 3 is 2.24 bits per heavy atom. The van der Waals surface area contributed by atoms with E-state index in [4.69, 9.17) is 4.98 Å². The summed E-state index contributed by atoms with van der Waals surface area (Å²) in [5, 5.41) is 1.27. The molecular formula is C20H21N. The molecule has 1 nitrogen and oxygen atoms in total. The van der Waals surface area contributed by atoms with Crippen LogP contribution in [0.4, 0.5) is 0 Å². The van der Waals surface area contributed by atoms with Gasteiger partial charge in [-0.1, -0.05) is 69.3 Å². The average molecular weight is 275 g/mol. The molecule has 0 fully saturated rings. The minimum absolute atomic E-state index is 0.262. The van der Waals surface area contributed by atoms with Gasteiger partial charge in [0, 0.05) is 10.9 Å². The third-order valence-electron chi connectivity index (χ3n) is 3.59. The van der Waals surface area contributed by atoms with Gasteiger partial charge in [0.2, 0.25) is 0 Å². The predicted octanol–water partition coefficient (Wildman–Crippen LogP) is 5.49. The third kappa shape index (κ3) is 3.13.